The standard InChI is InChI=1S/C14H13BrN2O2/c1-9-7-16-5-4-10(9)8-17-14(19)12-3-2-11(15)6-13(12)18/h2-7,18H,8H2,1H3,(H,17,19). The van der Waals surface area contributed by atoms with Crippen LogP contribution in [0.15, 0.2) is 41.1 Å². The molecule has 2 aromatic rings. The van der Waals surface area contributed by atoms with Crippen molar-refractivity contribution in [2.75, 3.05) is 0 Å². The molecule has 0 aliphatic carbocycles. The van der Waals surface area contributed by atoms with Crippen molar-refractivity contribution in [3.63, 3.8) is 0 Å². The number of rotatable bonds is 3. The number of halogens is 1. The molecule has 4 nitrogen and oxygen atoms in total. The van der Waals surface area contributed by atoms with Gasteiger partial charge >= 0.3 is 0 Å². The smallest absolute Gasteiger partial charge is 0.255 e. The van der Waals surface area contributed by atoms with E-state index in [-0.39, 0.29) is 17.2 Å². The zero-order valence-corrected chi connectivity index (χ0v) is 11.9. The van der Waals surface area contributed by atoms with Crippen LogP contribution < -0.4 is 5.32 Å². The fourth-order valence-electron chi connectivity index (χ4n) is 1.67. The van der Waals surface area contributed by atoms with Crippen molar-refractivity contribution in [3.05, 3.63) is 57.8 Å². The highest BCUT2D eigenvalue weighted by Gasteiger charge is 2.11. The molecule has 19 heavy (non-hydrogen) atoms. The number of benzene rings is 1. The Labute approximate surface area is 119 Å². The van der Waals surface area contributed by atoms with Crippen LogP contribution in [0.4, 0.5) is 0 Å². The Hall–Kier alpha value is -1.88. The summed E-state index contributed by atoms with van der Waals surface area (Å²) in [6.45, 7) is 2.34. The Bertz CT molecular complexity index is 614. The van der Waals surface area contributed by atoms with Crippen LogP contribution in [0.2, 0.25) is 0 Å². The number of hydrogen-bond donors (Lipinski definition) is 2. The SMILES string of the molecule is Cc1cnccc1CNC(=O)c1ccc(Br)cc1O. The molecule has 2 N–H and O–H groups in total. The second-order valence-electron chi connectivity index (χ2n) is 4.15. The number of nitrogens with zero attached hydrogens (tertiary/aromatic N) is 1. The van der Waals surface area contributed by atoms with Crippen molar-refractivity contribution in [1.29, 1.82) is 0 Å². The van der Waals surface area contributed by atoms with Gasteiger partial charge in [-0.25, -0.2) is 0 Å². The van der Waals surface area contributed by atoms with E-state index in [2.05, 4.69) is 26.2 Å². The topological polar surface area (TPSA) is 62.2 Å². The molecule has 0 aliphatic rings. The van der Waals surface area contributed by atoms with Crippen LogP contribution >= 0.6 is 15.9 Å². The third-order valence-electron chi connectivity index (χ3n) is 2.78. The first-order chi connectivity index (χ1) is 9.08. The van der Waals surface area contributed by atoms with Crippen LogP contribution in [0.1, 0.15) is 21.5 Å². The second kappa shape index (κ2) is 5.84. The van der Waals surface area contributed by atoms with Gasteiger partial charge in [0.15, 0.2) is 0 Å². The highest BCUT2D eigenvalue weighted by molar-refractivity contribution is 9.10. The summed E-state index contributed by atoms with van der Waals surface area (Å²) >= 11 is 3.23. The van der Waals surface area contributed by atoms with Gasteiger partial charge in [0, 0.05) is 23.4 Å². The van der Waals surface area contributed by atoms with Crippen molar-refractivity contribution >= 4 is 21.8 Å². The maximum absolute atomic E-state index is 12.0. The van der Waals surface area contributed by atoms with Gasteiger partial charge in [-0.3, -0.25) is 9.78 Å². The zero-order chi connectivity index (χ0) is 13.8. The first-order valence-corrected chi connectivity index (χ1v) is 6.53. The quantitative estimate of drug-likeness (QED) is 0.914. The largest absolute Gasteiger partial charge is 0.507 e. The average Bonchev–Trinajstić information content (AvgIpc) is 2.37. The molecule has 1 amide bonds. The van der Waals surface area contributed by atoms with Crippen molar-refractivity contribution in [3.8, 4) is 5.75 Å². The van der Waals surface area contributed by atoms with Crippen molar-refractivity contribution in [1.82, 2.24) is 10.3 Å². The highest BCUT2D eigenvalue weighted by atomic mass is 79.9. The van der Waals surface area contributed by atoms with Crippen LogP contribution in [-0.4, -0.2) is 16.0 Å². The molecule has 0 atom stereocenters. The molecule has 0 saturated carbocycles. The number of amides is 1. The van der Waals surface area contributed by atoms with Gasteiger partial charge in [0.2, 0.25) is 0 Å². The van der Waals surface area contributed by atoms with Crippen LogP contribution in [0, 0.1) is 6.92 Å². The summed E-state index contributed by atoms with van der Waals surface area (Å²) in [7, 11) is 0. The number of pyridine rings is 1. The number of phenolic OH excluding ortho intramolecular Hbond substituents is 1. The molecule has 1 aromatic heterocycles. The summed E-state index contributed by atoms with van der Waals surface area (Å²) in [5.74, 6) is -0.348. The Kier molecular flexibility index (Phi) is 4.16. The fourth-order valence-corrected chi connectivity index (χ4v) is 2.02. The molecule has 1 heterocycles. The van der Waals surface area contributed by atoms with Gasteiger partial charge in [-0.2, -0.15) is 0 Å². The van der Waals surface area contributed by atoms with Crippen LogP contribution in [0.3, 0.4) is 0 Å². The Morgan fingerprint density at radius 3 is 2.89 bits per heavy atom. The van der Waals surface area contributed by atoms with E-state index in [1.165, 1.54) is 6.07 Å². The predicted molar refractivity (Wildman–Crippen MR) is 76.0 cm³/mol. The van der Waals surface area contributed by atoms with Gasteiger partial charge in [-0.1, -0.05) is 15.9 Å². The molecule has 0 unspecified atom stereocenters. The van der Waals surface area contributed by atoms with E-state index in [1.807, 2.05) is 13.0 Å². The normalized spacial score (nSPS) is 10.2. The summed E-state index contributed by atoms with van der Waals surface area (Å²) < 4.78 is 0.728. The minimum atomic E-state index is -0.304. The van der Waals surface area contributed by atoms with Gasteiger partial charge in [-0.15, -0.1) is 0 Å². The lowest BCUT2D eigenvalue weighted by Crippen LogP contribution is -2.23. The van der Waals surface area contributed by atoms with Crippen LogP contribution in [0.25, 0.3) is 0 Å². The lowest BCUT2D eigenvalue weighted by Gasteiger charge is -2.08. The molecule has 0 bridgehead atoms. The molecule has 0 spiro atoms. The van der Waals surface area contributed by atoms with E-state index in [0.717, 1.165) is 15.6 Å². The minimum Gasteiger partial charge on any atom is -0.507 e. The summed E-state index contributed by atoms with van der Waals surface area (Å²) in [4.78, 5) is 16.0. The number of carbonyl (C=O) groups is 1. The van der Waals surface area contributed by atoms with E-state index >= 15 is 0 Å². The Balaban J connectivity index is 2.08. The summed E-state index contributed by atoms with van der Waals surface area (Å²) in [6, 6.07) is 6.64. The van der Waals surface area contributed by atoms with Crippen molar-refractivity contribution < 1.29 is 9.90 Å². The molecule has 5 heteroatoms. The van der Waals surface area contributed by atoms with E-state index < -0.39 is 0 Å². The minimum absolute atomic E-state index is 0.0432. The molecule has 1 aromatic carbocycles. The number of aromatic nitrogens is 1. The van der Waals surface area contributed by atoms with Crippen molar-refractivity contribution in [2.24, 2.45) is 0 Å². The number of nitrogens with one attached hydrogen (secondary N) is 1. The summed E-state index contributed by atoms with van der Waals surface area (Å²) in [5.41, 5.74) is 2.28. The first kappa shape index (κ1) is 13.5. The van der Waals surface area contributed by atoms with Crippen LogP contribution in [0.5, 0.6) is 5.75 Å². The Morgan fingerprint density at radius 1 is 1.42 bits per heavy atom. The molecule has 0 saturated heterocycles. The van der Waals surface area contributed by atoms with Gasteiger partial charge in [0.25, 0.3) is 5.91 Å². The molecular formula is C14H13BrN2O2. The maximum Gasteiger partial charge on any atom is 0.255 e. The van der Waals surface area contributed by atoms with Gasteiger partial charge in [-0.05, 0) is 42.3 Å². The molecule has 0 aliphatic heterocycles. The van der Waals surface area contributed by atoms with Crippen LogP contribution in [-0.2, 0) is 6.54 Å². The number of phenols is 1. The third-order valence-corrected chi connectivity index (χ3v) is 3.27. The molecule has 2 rings (SSSR count). The van der Waals surface area contributed by atoms with E-state index in [9.17, 15) is 9.90 Å². The lowest BCUT2D eigenvalue weighted by molar-refractivity contribution is 0.0948. The Morgan fingerprint density at radius 2 is 2.21 bits per heavy atom. The molecule has 98 valence electrons. The lowest BCUT2D eigenvalue weighted by atomic mass is 10.1. The monoisotopic (exact) mass is 320 g/mol. The van der Waals surface area contributed by atoms with Gasteiger partial charge in [0.05, 0.1) is 5.56 Å². The van der Waals surface area contributed by atoms with Crippen molar-refractivity contribution in [2.45, 2.75) is 13.5 Å². The summed E-state index contributed by atoms with van der Waals surface area (Å²) in [5, 5.41) is 12.5. The second-order valence-corrected chi connectivity index (χ2v) is 5.06. The summed E-state index contributed by atoms with van der Waals surface area (Å²) in [6.07, 6.45) is 3.43. The molecular weight excluding hydrogens is 308 g/mol. The predicted octanol–water partition coefficient (Wildman–Crippen LogP) is 2.79. The van der Waals surface area contributed by atoms with Gasteiger partial charge < -0.3 is 10.4 Å². The fraction of sp³-hybridized carbons (Fsp3) is 0.143. The number of hydrogen-bond acceptors (Lipinski definition) is 3. The number of aryl methyl sites for hydroxylation is 1. The van der Waals surface area contributed by atoms with E-state index in [4.69, 9.17) is 0 Å². The first-order valence-electron chi connectivity index (χ1n) is 5.74. The molecule has 0 fully saturated rings. The van der Waals surface area contributed by atoms with Gasteiger partial charge in [0.1, 0.15) is 5.75 Å². The number of carbonyl (C=O) groups excluding carboxylic acids is 1. The average molecular weight is 321 g/mol. The van der Waals surface area contributed by atoms with E-state index in [1.54, 1.807) is 24.5 Å². The maximum atomic E-state index is 12.0. The highest BCUT2D eigenvalue weighted by Crippen LogP contribution is 2.22. The molecule has 0 radical (unpaired) electrons. The third kappa shape index (κ3) is 3.32. The number of aromatic hydroxyl groups is 1. The van der Waals surface area contributed by atoms with E-state index in [0.29, 0.717) is 6.54 Å². The zero-order valence-electron chi connectivity index (χ0n) is 10.4.